The van der Waals surface area contributed by atoms with E-state index in [0.717, 1.165) is 24.2 Å². The van der Waals surface area contributed by atoms with Crippen LogP contribution in [0.15, 0.2) is 18.2 Å². The Hall–Kier alpha value is -1.75. The average Bonchev–Trinajstić information content (AvgIpc) is 2.60. The molecule has 5 nitrogen and oxygen atoms in total. The lowest BCUT2D eigenvalue weighted by molar-refractivity contribution is -0.121. The van der Waals surface area contributed by atoms with Crippen LogP contribution in [0.4, 0.5) is 0 Å². The first kappa shape index (κ1) is 17.6. The maximum absolute atomic E-state index is 12.4. The van der Waals surface area contributed by atoms with Crippen LogP contribution in [0.25, 0.3) is 0 Å². The SMILES string of the molecule is COc1ccc(OC)c(CC(=O)NC(CN)C2CCCCC2)c1. The fourth-order valence-corrected chi connectivity index (χ4v) is 3.36. The van der Waals surface area contributed by atoms with Crippen LogP contribution in [0.5, 0.6) is 11.5 Å². The summed E-state index contributed by atoms with van der Waals surface area (Å²) < 4.78 is 10.6. The zero-order chi connectivity index (χ0) is 16.7. The van der Waals surface area contributed by atoms with Gasteiger partial charge in [-0.1, -0.05) is 19.3 Å². The van der Waals surface area contributed by atoms with Crippen LogP contribution < -0.4 is 20.5 Å². The molecule has 1 aliphatic rings. The molecule has 1 fully saturated rings. The van der Waals surface area contributed by atoms with Crippen LogP contribution in [0, 0.1) is 5.92 Å². The molecule has 1 atom stereocenters. The third-order valence-electron chi connectivity index (χ3n) is 4.66. The molecule has 1 amide bonds. The molecule has 0 saturated heterocycles. The molecule has 128 valence electrons. The number of hydrogen-bond acceptors (Lipinski definition) is 4. The second-order valence-corrected chi connectivity index (χ2v) is 6.16. The summed E-state index contributed by atoms with van der Waals surface area (Å²) in [7, 11) is 3.22. The van der Waals surface area contributed by atoms with Gasteiger partial charge in [-0.3, -0.25) is 4.79 Å². The number of rotatable bonds is 7. The summed E-state index contributed by atoms with van der Waals surface area (Å²) in [5, 5.41) is 3.11. The Balaban J connectivity index is 2.00. The van der Waals surface area contributed by atoms with E-state index in [1.54, 1.807) is 14.2 Å². The van der Waals surface area contributed by atoms with Gasteiger partial charge in [-0.2, -0.15) is 0 Å². The number of carbonyl (C=O) groups excluding carboxylic acids is 1. The Morgan fingerprint density at radius 3 is 2.61 bits per heavy atom. The van der Waals surface area contributed by atoms with E-state index in [1.807, 2.05) is 18.2 Å². The number of nitrogens with one attached hydrogen (secondary N) is 1. The first-order chi connectivity index (χ1) is 11.2. The molecule has 1 aromatic rings. The van der Waals surface area contributed by atoms with E-state index in [2.05, 4.69) is 5.32 Å². The monoisotopic (exact) mass is 320 g/mol. The summed E-state index contributed by atoms with van der Waals surface area (Å²) in [6.45, 7) is 0.492. The minimum Gasteiger partial charge on any atom is -0.497 e. The van der Waals surface area contributed by atoms with Gasteiger partial charge in [0.2, 0.25) is 5.91 Å². The van der Waals surface area contributed by atoms with Gasteiger partial charge in [-0.25, -0.2) is 0 Å². The van der Waals surface area contributed by atoms with Crippen molar-refractivity contribution in [1.82, 2.24) is 5.32 Å². The van der Waals surface area contributed by atoms with Crippen LogP contribution in [0.1, 0.15) is 37.7 Å². The number of nitrogens with two attached hydrogens (primary N) is 1. The predicted molar refractivity (Wildman–Crippen MR) is 90.8 cm³/mol. The Labute approximate surface area is 138 Å². The Morgan fingerprint density at radius 2 is 2.00 bits per heavy atom. The topological polar surface area (TPSA) is 73.6 Å². The van der Waals surface area contributed by atoms with Crippen molar-refractivity contribution in [2.75, 3.05) is 20.8 Å². The van der Waals surface area contributed by atoms with E-state index in [9.17, 15) is 4.79 Å². The van der Waals surface area contributed by atoms with Crippen molar-refractivity contribution < 1.29 is 14.3 Å². The van der Waals surface area contributed by atoms with Crippen molar-refractivity contribution in [3.05, 3.63) is 23.8 Å². The van der Waals surface area contributed by atoms with Crippen molar-refractivity contribution in [3.8, 4) is 11.5 Å². The summed E-state index contributed by atoms with van der Waals surface area (Å²) in [6.07, 6.45) is 6.35. The highest BCUT2D eigenvalue weighted by Gasteiger charge is 2.24. The zero-order valence-electron chi connectivity index (χ0n) is 14.1. The lowest BCUT2D eigenvalue weighted by Crippen LogP contribution is -2.46. The predicted octanol–water partition coefficient (Wildman–Crippen LogP) is 2.27. The fraction of sp³-hybridized carbons (Fsp3) is 0.611. The number of benzene rings is 1. The minimum absolute atomic E-state index is 0.0161. The molecule has 0 bridgehead atoms. The third kappa shape index (κ3) is 4.86. The average molecular weight is 320 g/mol. The number of ether oxygens (including phenoxy) is 2. The molecule has 0 heterocycles. The minimum atomic E-state index is -0.0161. The molecule has 1 aliphatic carbocycles. The molecule has 23 heavy (non-hydrogen) atoms. The standard InChI is InChI=1S/C18H28N2O3/c1-22-15-8-9-17(23-2)14(10-15)11-18(21)20-16(12-19)13-6-4-3-5-7-13/h8-10,13,16H,3-7,11-12,19H2,1-2H3,(H,20,21). The summed E-state index contributed by atoms with van der Waals surface area (Å²) in [5.41, 5.74) is 6.71. The maximum Gasteiger partial charge on any atom is 0.224 e. The molecule has 0 aliphatic heterocycles. The number of hydrogen-bond donors (Lipinski definition) is 2. The van der Waals surface area contributed by atoms with E-state index >= 15 is 0 Å². The van der Waals surface area contributed by atoms with Gasteiger partial charge < -0.3 is 20.5 Å². The van der Waals surface area contributed by atoms with Crippen LogP contribution in [-0.2, 0) is 11.2 Å². The highest BCUT2D eigenvalue weighted by atomic mass is 16.5. The van der Waals surface area contributed by atoms with Crippen molar-refractivity contribution in [3.63, 3.8) is 0 Å². The van der Waals surface area contributed by atoms with Crippen LogP contribution in [-0.4, -0.2) is 32.7 Å². The van der Waals surface area contributed by atoms with E-state index in [0.29, 0.717) is 18.2 Å². The molecule has 3 N–H and O–H groups in total. The first-order valence-electron chi connectivity index (χ1n) is 8.38. The third-order valence-corrected chi connectivity index (χ3v) is 4.66. The first-order valence-corrected chi connectivity index (χ1v) is 8.38. The molecule has 1 unspecified atom stereocenters. The number of amides is 1. The lowest BCUT2D eigenvalue weighted by Gasteiger charge is -2.30. The van der Waals surface area contributed by atoms with Gasteiger partial charge in [-0.15, -0.1) is 0 Å². The smallest absolute Gasteiger partial charge is 0.224 e. The number of methoxy groups -OCH3 is 2. The molecule has 1 saturated carbocycles. The van der Waals surface area contributed by atoms with Gasteiger partial charge in [0.15, 0.2) is 0 Å². The zero-order valence-corrected chi connectivity index (χ0v) is 14.1. The molecule has 5 heteroatoms. The van der Waals surface area contributed by atoms with E-state index in [1.165, 1.54) is 19.3 Å². The van der Waals surface area contributed by atoms with Crippen molar-refractivity contribution in [1.29, 1.82) is 0 Å². The quantitative estimate of drug-likeness (QED) is 0.808. The lowest BCUT2D eigenvalue weighted by atomic mass is 9.84. The van der Waals surface area contributed by atoms with Gasteiger partial charge in [0, 0.05) is 18.2 Å². The van der Waals surface area contributed by atoms with Crippen molar-refractivity contribution in [2.24, 2.45) is 11.7 Å². The number of carbonyl (C=O) groups is 1. The van der Waals surface area contributed by atoms with Crippen LogP contribution in [0.2, 0.25) is 0 Å². The molecular formula is C18H28N2O3. The largest absolute Gasteiger partial charge is 0.497 e. The van der Waals surface area contributed by atoms with Gasteiger partial charge >= 0.3 is 0 Å². The fourth-order valence-electron chi connectivity index (χ4n) is 3.36. The molecule has 0 radical (unpaired) electrons. The van der Waals surface area contributed by atoms with Crippen LogP contribution in [0.3, 0.4) is 0 Å². The summed E-state index contributed by atoms with van der Waals surface area (Å²) in [4.78, 5) is 12.4. The van der Waals surface area contributed by atoms with Crippen LogP contribution >= 0.6 is 0 Å². The maximum atomic E-state index is 12.4. The normalized spacial score (nSPS) is 16.7. The van der Waals surface area contributed by atoms with E-state index in [-0.39, 0.29) is 18.4 Å². The van der Waals surface area contributed by atoms with Crippen molar-refractivity contribution >= 4 is 5.91 Å². The molecule has 2 rings (SSSR count). The Bertz CT molecular complexity index is 513. The van der Waals surface area contributed by atoms with Crippen molar-refractivity contribution in [2.45, 2.75) is 44.6 Å². The van der Waals surface area contributed by atoms with Gasteiger partial charge in [-0.05, 0) is 37.0 Å². The highest BCUT2D eigenvalue weighted by molar-refractivity contribution is 5.79. The Morgan fingerprint density at radius 1 is 1.26 bits per heavy atom. The second kappa shape index (κ2) is 8.77. The van der Waals surface area contributed by atoms with E-state index in [4.69, 9.17) is 15.2 Å². The molecule has 0 spiro atoms. The van der Waals surface area contributed by atoms with Gasteiger partial charge in [0.05, 0.1) is 20.6 Å². The molecule has 0 aromatic heterocycles. The Kier molecular flexibility index (Phi) is 6.71. The highest BCUT2D eigenvalue weighted by Crippen LogP contribution is 2.27. The summed E-state index contributed by atoms with van der Waals surface area (Å²) in [6, 6.07) is 5.56. The summed E-state index contributed by atoms with van der Waals surface area (Å²) in [5.74, 6) is 1.90. The molecular weight excluding hydrogens is 292 g/mol. The molecule has 1 aromatic carbocycles. The van der Waals surface area contributed by atoms with Gasteiger partial charge in [0.1, 0.15) is 11.5 Å². The summed E-state index contributed by atoms with van der Waals surface area (Å²) >= 11 is 0. The van der Waals surface area contributed by atoms with Gasteiger partial charge in [0.25, 0.3) is 0 Å². The van der Waals surface area contributed by atoms with E-state index < -0.39 is 0 Å². The second-order valence-electron chi connectivity index (χ2n) is 6.16.